The second-order valence-electron chi connectivity index (χ2n) is 7.49. The number of carbonyl (C=O) groups excluding carboxylic acids is 1. The van der Waals surface area contributed by atoms with Gasteiger partial charge in [-0.3, -0.25) is 0 Å². The van der Waals surface area contributed by atoms with E-state index in [2.05, 4.69) is 5.32 Å². The summed E-state index contributed by atoms with van der Waals surface area (Å²) >= 11 is 0. The summed E-state index contributed by atoms with van der Waals surface area (Å²) in [6.07, 6.45) is 4.69. The minimum Gasteiger partial charge on any atom is -0.444 e. The van der Waals surface area contributed by atoms with Crippen molar-refractivity contribution in [2.24, 2.45) is 5.92 Å². The number of nitrogens with one attached hydrogen (secondary N) is 1. The first kappa shape index (κ1) is 16.6. The minimum atomic E-state index is -0.420. The number of ether oxygens (including phenoxy) is 1. The fourth-order valence-corrected chi connectivity index (χ4v) is 3.10. The van der Waals surface area contributed by atoms with Crippen LogP contribution in [-0.4, -0.2) is 53.5 Å². The van der Waals surface area contributed by atoms with Crippen molar-refractivity contribution in [1.82, 2.24) is 10.2 Å². The standard InChI is InChI=1S/C16H30N2O3/c1-16(2,3)21-15(20)18-9-8-12(11-18)10-17-13-4-6-14(19)7-5-13/h12-14,17,19H,4-11H2,1-3H3. The maximum atomic E-state index is 12.0. The van der Waals surface area contributed by atoms with E-state index < -0.39 is 5.60 Å². The zero-order valence-corrected chi connectivity index (χ0v) is 13.6. The third-order valence-electron chi connectivity index (χ3n) is 4.33. The molecular formula is C16H30N2O3. The Labute approximate surface area is 128 Å². The van der Waals surface area contributed by atoms with E-state index in [9.17, 15) is 9.90 Å². The first-order chi connectivity index (χ1) is 9.83. The summed E-state index contributed by atoms with van der Waals surface area (Å²) in [5.74, 6) is 0.518. The topological polar surface area (TPSA) is 61.8 Å². The zero-order valence-electron chi connectivity index (χ0n) is 13.6. The van der Waals surface area contributed by atoms with E-state index in [-0.39, 0.29) is 12.2 Å². The molecule has 0 aromatic rings. The Morgan fingerprint density at radius 1 is 1.24 bits per heavy atom. The van der Waals surface area contributed by atoms with Crippen molar-refractivity contribution >= 4 is 6.09 Å². The highest BCUT2D eigenvalue weighted by atomic mass is 16.6. The van der Waals surface area contributed by atoms with E-state index in [0.29, 0.717) is 12.0 Å². The third-order valence-corrected chi connectivity index (χ3v) is 4.33. The average Bonchev–Trinajstić information content (AvgIpc) is 2.85. The van der Waals surface area contributed by atoms with Gasteiger partial charge in [0.15, 0.2) is 0 Å². The Hall–Kier alpha value is -0.810. The molecule has 1 unspecified atom stereocenters. The smallest absolute Gasteiger partial charge is 0.410 e. The molecule has 1 amide bonds. The van der Waals surface area contributed by atoms with Crippen molar-refractivity contribution in [2.45, 2.75) is 70.6 Å². The van der Waals surface area contributed by atoms with E-state index in [1.807, 2.05) is 25.7 Å². The summed E-state index contributed by atoms with van der Waals surface area (Å²) in [5, 5.41) is 13.1. The first-order valence-electron chi connectivity index (χ1n) is 8.23. The molecule has 2 fully saturated rings. The van der Waals surface area contributed by atoms with Crippen molar-refractivity contribution < 1.29 is 14.6 Å². The predicted molar refractivity (Wildman–Crippen MR) is 82.2 cm³/mol. The number of aliphatic hydroxyl groups excluding tert-OH is 1. The van der Waals surface area contributed by atoms with Gasteiger partial charge in [-0.15, -0.1) is 0 Å². The van der Waals surface area contributed by atoms with E-state index in [1.54, 1.807) is 0 Å². The molecule has 1 heterocycles. The summed E-state index contributed by atoms with van der Waals surface area (Å²) in [6, 6.07) is 0.531. The highest BCUT2D eigenvalue weighted by Crippen LogP contribution is 2.21. The van der Waals surface area contributed by atoms with E-state index in [0.717, 1.165) is 51.7 Å². The van der Waals surface area contributed by atoms with Gasteiger partial charge in [0, 0.05) is 19.1 Å². The minimum absolute atomic E-state index is 0.0998. The van der Waals surface area contributed by atoms with Crippen LogP contribution in [0.1, 0.15) is 52.9 Å². The van der Waals surface area contributed by atoms with Crippen LogP contribution in [0.25, 0.3) is 0 Å². The average molecular weight is 298 g/mol. The molecule has 0 aromatic carbocycles. The monoisotopic (exact) mass is 298 g/mol. The molecule has 1 aliphatic carbocycles. The number of nitrogens with zero attached hydrogens (tertiary/aromatic N) is 1. The second-order valence-corrected chi connectivity index (χ2v) is 7.49. The Balaban J connectivity index is 1.67. The number of aliphatic hydroxyl groups is 1. The van der Waals surface area contributed by atoms with Crippen LogP contribution in [0.15, 0.2) is 0 Å². The van der Waals surface area contributed by atoms with Gasteiger partial charge in [0.05, 0.1) is 6.10 Å². The molecule has 21 heavy (non-hydrogen) atoms. The largest absolute Gasteiger partial charge is 0.444 e. The fourth-order valence-electron chi connectivity index (χ4n) is 3.10. The van der Waals surface area contributed by atoms with Gasteiger partial charge in [-0.1, -0.05) is 0 Å². The van der Waals surface area contributed by atoms with Gasteiger partial charge in [-0.05, 0) is 65.3 Å². The van der Waals surface area contributed by atoms with Crippen molar-refractivity contribution in [2.75, 3.05) is 19.6 Å². The van der Waals surface area contributed by atoms with Crippen LogP contribution < -0.4 is 5.32 Å². The lowest BCUT2D eigenvalue weighted by molar-refractivity contribution is 0.0287. The molecule has 2 rings (SSSR count). The van der Waals surface area contributed by atoms with Crippen LogP contribution in [0.2, 0.25) is 0 Å². The number of amides is 1. The van der Waals surface area contributed by atoms with Crippen LogP contribution >= 0.6 is 0 Å². The van der Waals surface area contributed by atoms with Gasteiger partial charge >= 0.3 is 6.09 Å². The Bertz CT molecular complexity index is 346. The predicted octanol–water partition coefficient (Wildman–Crippen LogP) is 2.14. The third kappa shape index (κ3) is 5.47. The lowest BCUT2D eigenvalue weighted by Gasteiger charge is -2.27. The highest BCUT2D eigenvalue weighted by molar-refractivity contribution is 5.68. The first-order valence-corrected chi connectivity index (χ1v) is 8.23. The second kappa shape index (κ2) is 6.97. The molecule has 5 heteroatoms. The normalized spacial score (nSPS) is 30.5. The SMILES string of the molecule is CC(C)(C)OC(=O)N1CCC(CNC2CCC(O)CC2)C1. The van der Waals surface area contributed by atoms with Crippen LogP contribution in [0.4, 0.5) is 4.79 Å². The lowest BCUT2D eigenvalue weighted by Crippen LogP contribution is -2.39. The van der Waals surface area contributed by atoms with Crippen molar-refractivity contribution in [1.29, 1.82) is 0 Å². The molecule has 5 nitrogen and oxygen atoms in total. The summed E-state index contributed by atoms with van der Waals surface area (Å²) in [7, 11) is 0. The maximum absolute atomic E-state index is 12.0. The Morgan fingerprint density at radius 2 is 1.90 bits per heavy atom. The molecule has 1 atom stereocenters. The molecule has 0 radical (unpaired) electrons. The number of hydrogen-bond donors (Lipinski definition) is 2. The lowest BCUT2D eigenvalue weighted by atomic mass is 9.93. The van der Waals surface area contributed by atoms with Crippen LogP contribution in [0, 0.1) is 5.92 Å². The number of carbonyl (C=O) groups is 1. The van der Waals surface area contributed by atoms with E-state index >= 15 is 0 Å². The van der Waals surface area contributed by atoms with Crippen molar-refractivity contribution in [3.8, 4) is 0 Å². The molecule has 1 saturated heterocycles. The highest BCUT2D eigenvalue weighted by Gasteiger charge is 2.30. The summed E-state index contributed by atoms with van der Waals surface area (Å²) in [4.78, 5) is 13.8. The molecule has 2 N–H and O–H groups in total. The van der Waals surface area contributed by atoms with Crippen LogP contribution in [-0.2, 0) is 4.74 Å². The molecule has 0 bridgehead atoms. The van der Waals surface area contributed by atoms with Crippen LogP contribution in [0.5, 0.6) is 0 Å². The van der Waals surface area contributed by atoms with Gasteiger partial charge in [0.25, 0.3) is 0 Å². The molecule has 122 valence electrons. The van der Waals surface area contributed by atoms with Crippen LogP contribution in [0.3, 0.4) is 0 Å². The van der Waals surface area contributed by atoms with E-state index in [4.69, 9.17) is 4.74 Å². The Kier molecular flexibility index (Phi) is 5.49. The van der Waals surface area contributed by atoms with E-state index in [1.165, 1.54) is 0 Å². The Morgan fingerprint density at radius 3 is 2.52 bits per heavy atom. The molecule has 0 aromatic heterocycles. The molecule has 2 aliphatic rings. The molecule has 1 aliphatic heterocycles. The van der Waals surface area contributed by atoms with Crippen molar-refractivity contribution in [3.05, 3.63) is 0 Å². The fraction of sp³-hybridized carbons (Fsp3) is 0.938. The molecule has 1 saturated carbocycles. The summed E-state index contributed by atoms with van der Waals surface area (Å²) in [5.41, 5.74) is -0.420. The van der Waals surface area contributed by atoms with Crippen molar-refractivity contribution in [3.63, 3.8) is 0 Å². The number of hydrogen-bond acceptors (Lipinski definition) is 4. The number of likely N-dealkylation sites (tertiary alicyclic amines) is 1. The molecule has 0 spiro atoms. The summed E-state index contributed by atoms with van der Waals surface area (Å²) in [6.45, 7) is 8.24. The number of rotatable bonds is 3. The quantitative estimate of drug-likeness (QED) is 0.838. The summed E-state index contributed by atoms with van der Waals surface area (Å²) < 4.78 is 5.42. The van der Waals surface area contributed by atoms with Gasteiger partial charge in [-0.25, -0.2) is 4.79 Å². The maximum Gasteiger partial charge on any atom is 0.410 e. The molecular weight excluding hydrogens is 268 g/mol. The zero-order chi connectivity index (χ0) is 15.5. The van der Waals surface area contributed by atoms with Gasteiger partial charge in [0.1, 0.15) is 5.60 Å². The van der Waals surface area contributed by atoms with Gasteiger partial charge in [0.2, 0.25) is 0 Å². The van der Waals surface area contributed by atoms with Gasteiger partial charge in [-0.2, -0.15) is 0 Å². The van der Waals surface area contributed by atoms with Gasteiger partial charge < -0.3 is 20.1 Å².